The van der Waals surface area contributed by atoms with Gasteiger partial charge in [0.2, 0.25) is 0 Å². The van der Waals surface area contributed by atoms with Crippen LogP contribution in [0.25, 0.3) is 0 Å². The molecule has 1 aromatic rings. The Kier molecular flexibility index (Phi) is 3.67. The Bertz CT molecular complexity index is 440. The maximum absolute atomic E-state index is 6.57. The summed E-state index contributed by atoms with van der Waals surface area (Å²) in [5.74, 6) is 0.393. The van der Waals surface area contributed by atoms with Crippen LogP contribution in [-0.2, 0) is 14.8 Å². The largest absolute Gasteiger partial charge is 0.408 e. The highest BCUT2D eigenvalue weighted by molar-refractivity contribution is 6.69. The fourth-order valence-electron chi connectivity index (χ4n) is 3.67. The van der Waals surface area contributed by atoms with Gasteiger partial charge >= 0.3 is 0 Å². The SMILES string of the molecule is CC[C@]1(O[Si](C)(C)C)[C@@H](C)[C@]1(OC)c1ccccc1. The molecule has 2 nitrogen and oxygen atoms in total. The van der Waals surface area contributed by atoms with Crippen LogP contribution in [0.4, 0.5) is 0 Å². The molecular weight excluding hydrogens is 252 g/mol. The Morgan fingerprint density at radius 3 is 2.16 bits per heavy atom. The minimum absolute atomic E-state index is 0.159. The number of methoxy groups -OCH3 is 1. The van der Waals surface area contributed by atoms with Crippen LogP contribution in [-0.4, -0.2) is 21.0 Å². The first-order valence-corrected chi connectivity index (χ1v) is 10.6. The van der Waals surface area contributed by atoms with E-state index in [0.29, 0.717) is 5.92 Å². The molecule has 0 spiro atoms. The van der Waals surface area contributed by atoms with Crippen molar-refractivity contribution in [3.63, 3.8) is 0 Å². The first kappa shape index (κ1) is 14.8. The molecule has 1 fully saturated rings. The van der Waals surface area contributed by atoms with Gasteiger partial charge in [0.25, 0.3) is 0 Å². The summed E-state index contributed by atoms with van der Waals surface area (Å²) in [5, 5.41) is 0. The molecule has 3 atom stereocenters. The predicted molar refractivity (Wildman–Crippen MR) is 81.7 cm³/mol. The molecule has 1 aromatic carbocycles. The van der Waals surface area contributed by atoms with Crippen molar-refractivity contribution < 1.29 is 9.16 Å². The van der Waals surface area contributed by atoms with E-state index in [1.165, 1.54) is 5.56 Å². The summed E-state index contributed by atoms with van der Waals surface area (Å²) < 4.78 is 12.6. The lowest BCUT2D eigenvalue weighted by Crippen LogP contribution is -2.39. The second kappa shape index (κ2) is 4.72. The Morgan fingerprint density at radius 1 is 1.16 bits per heavy atom. The van der Waals surface area contributed by atoms with Crippen LogP contribution in [0.5, 0.6) is 0 Å². The highest BCUT2D eigenvalue weighted by Gasteiger charge is 2.77. The Labute approximate surface area is 118 Å². The lowest BCUT2D eigenvalue weighted by atomic mass is 10.0. The molecular formula is C16H26O2Si. The Morgan fingerprint density at radius 2 is 1.74 bits per heavy atom. The molecule has 3 heteroatoms. The standard InChI is InChI=1S/C16H26O2Si/c1-7-15(18-19(4,5)6)13(2)16(15,17-3)14-11-9-8-10-12-14/h8-13H,7H2,1-6H3/t13-,15+,16+/m1/s1. The molecule has 1 saturated carbocycles. The monoisotopic (exact) mass is 278 g/mol. The lowest BCUT2D eigenvalue weighted by Gasteiger charge is -2.31. The zero-order valence-electron chi connectivity index (χ0n) is 13.0. The van der Waals surface area contributed by atoms with Crippen molar-refractivity contribution in [2.45, 2.75) is 51.1 Å². The normalized spacial score (nSPS) is 34.3. The summed E-state index contributed by atoms with van der Waals surface area (Å²) in [6.45, 7) is 11.2. The van der Waals surface area contributed by atoms with Gasteiger partial charge in [-0.3, -0.25) is 0 Å². The van der Waals surface area contributed by atoms with E-state index in [4.69, 9.17) is 9.16 Å². The average molecular weight is 278 g/mol. The summed E-state index contributed by atoms with van der Waals surface area (Å²) in [6, 6.07) is 10.5. The van der Waals surface area contributed by atoms with Crippen LogP contribution in [0.15, 0.2) is 30.3 Å². The molecule has 0 N–H and O–H groups in total. The first-order chi connectivity index (χ1) is 8.84. The van der Waals surface area contributed by atoms with Crippen LogP contribution >= 0.6 is 0 Å². The summed E-state index contributed by atoms with van der Waals surface area (Å²) in [5.41, 5.74) is 0.807. The zero-order chi connectivity index (χ0) is 14.3. The Hall–Kier alpha value is -0.643. The van der Waals surface area contributed by atoms with Crippen molar-refractivity contribution in [3.8, 4) is 0 Å². The first-order valence-electron chi connectivity index (χ1n) is 7.15. The lowest BCUT2D eigenvalue weighted by molar-refractivity contribution is -0.00842. The quantitative estimate of drug-likeness (QED) is 0.752. The van der Waals surface area contributed by atoms with Gasteiger partial charge in [0, 0.05) is 13.0 Å². The number of hydrogen-bond donors (Lipinski definition) is 0. The summed E-state index contributed by atoms with van der Waals surface area (Å²) in [7, 11) is 0.203. The average Bonchev–Trinajstić information content (AvgIpc) is 2.88. The molecule has 0 aromatic heterocycles. The molecule has 0 heterocycles. The molecule has 106 valence electrons. The second-order valence-electron chi connectivity index (χ2n) is 6.48. The van der Waals surface area contributed by atoms with Crippen LogP contribution < -0.4 is 0 Å². The Balaban J connectivity index is 2.43. The molecule has 0 amide bonds. The fourth-order valence-corrected chi connectivity index (χ4v) is 5.23. The third-order valence-corrected chi connectivity index (χ3v) is 5.37. The van der Waals surface area contributed by atoms with Gasteiger partial charge in [-0.1, -0.05) is 44.2 Å². The zero-order valence-corrected chi connectivity index (χ0v) is 14.0. The van der Waals surface area contributed by atoms with E-state index in [1.807, 2.05) is 13.2 Å². The minimum atomic E-state index is -1.61. The van der Waals surface area contributed by atoms with Crippen LogP contribution in [0, 0.1) is 5.92 Å². The highest BCUT2D eigenvalue weighted by Crippen LogP contribution is 2.67. The second-order valence-corrected chi connectivity index (χ2v) is 10.9. The molecule has 1 aliphatic rings. The van der Waals surface area contributed by atoms with E-state index in [2.05, 4.69) is 57.8 Å². The third kappa shape index (κ3) is 2.08. The van der Waals surface area contributed by atoms with Gasteiger partial charge in [-0.15, -0.1) is 0 Å². The van der Waals surface area contributed by atoms with Crippen molar-refractivity contribution in [3.05, 3.63) is 35.9 Å². The van der Waals surface area contributed by atoms with Crippen molar-refractivity contribution in [2.75, 3.05) is 7.11 Å². The van der Waals surface area contributed by atoms with Gasteiger partial charge in [-0.05, 0) is 31.6 Å². The van der Waals surface area contributed by atoms with E-state index in [0.717, 1.165) is 6.42 Å². The fraction of sp³-hybridized carbons (Fsp3) is 0.625. The van der Waals surface area contributed by atoms with E-state index in [1.54, 1.807) is 0 Å². The van der Waals surface area contributed by atoms with Gasteiger partial charge in [-0.25, -0.2) is 0 Å². The van der Waals surface area contributed by atoms with Crippen LogP contribution in [0.1, 0.15) is 25.8 Å². The smallest absolute Gasteiger partial charge is 0.184 e. The number of ether oxygens (including phenoxy) is 1. The van der Waals surface area contributed by atoms with E-state index in [-0.39, 0.29) is 11.2 Å². The van der Waals surface area contributed by atoms with Crippen molar-refractivity contribution in [1.82, 2.24) is 0 Å². The molecule has 0 aliphatic heterocycles. The molecule has 0 bridgehead atoms. The summed E-state index contributed by atoms with van der Waals surface area (Å²) in [6.07, 6.45) is 0.987. The van der Waals surface area contributed by atoms with E-state index >= 15 is 0 Å². The van der Waals surface area contributed by atoms with Crippen molar-refractivity contribution in [1.29, 1.82) is 0 Å². The number of hydrogen-bond acceptors (Lipinski definition) is 2. The van der Waals surface area contributed by atoms with Gasteiger partial charge in [0.05, 0.1) is 5.60 Å². The van der Waals surface area contributed by atoms with Gasteiger partial charge in [0.15, 0.2) is 8.32 Å². The van der Waals surface area contributed by atoms with Crippen molar-refractivity contribution in [2.24, 2.45) is 5.92 Å². The van der Waals surface area contributed by atoms with Crippen LogP contribution in [0.3, 0.4) is 0 Å². The number of benzene rings is 1. The van der Waals surface area contributed by atoms with Gasteiger partial charge < -0.3 is 9.16 Å². The number of rotatable bonds is 5. The molecule has 0 unspecified atom stereocenters. The summed E-state index contributed by atoms with van der Waals surface area (Å²) in [4.78, 5) is 0. The molecule has 19 heavy (non-hydrogen) atoms. The molecule has 1 aliphatic carbocycles. The maximum atomic E-state index is 6.57. The summed E-state index contributed by atoms with van der Waals surface area (Å²) >= 11 is 0. The molecule has 0 radical (unpaired) electrons. The predicted octanol–water partition coefficient (Wildman–Crippen LogP) is 4.18. The molecule has 2 rings (SSSR count). The van der Waals surface area contributed by atoms with Crippen LogP contribution in [0.2, 0.25) is 19.6 Å². The van der Waals surface area contributed by atoms with E-state index in [9.17, 15) is 0 Å². The van der Waals surface area contributed by atoms with E-state index < -0.39 is 8.32 Å². The highest BCUT2D eigenvalue weighted by atomic mass is 28.4. The van der Waals surface area contributed by atoms with Crippen molar-refractivity contribution >= 4 is 8.32 Å². The van der Waals surface area contributed by atoms with Gasteiger partial charge in [-0.2, -0.15) is 0 Å². The minimum Gasteiger partial charge on any atom is -0.408 e. The topological polar surface area (TPSA) is 18.5 Å². The third-order valence-electron chi connectivity index (χ3n) is 4.39. The molecule has 0 saturated heterocycles. The maximum Gasteiger partial charge on any atom is 0.184 e. The van der Waals surface area contributed by atoms with Gasteiger partial charge in [0.1, 0.15) is 5.60 Å².